The molecule has 2 saturated carbocycles. The molecule has 0 heteroatoms. The summed E-state index contributed by atoms with van der Waals surface area (Å²) in [6.07, 6.45) is 10.2. The number of hydrogen-bond donors (Lipinski definition) is 0. The van der Waals surface area contributed by atoms with Crippen LogP contribution in [0.5, 0.6) is 0 Å². The van der Waals surface area contributed by atoms with Crippen molar-refractivity contribution >= 4 is 0 Å². The number of hydrogen-bond acceptors (Lipinski definition) is 0. The Morgan fingerprint density at radius 1 is 1.21 bits per heavy atom. The molecule has 2 aliphatic rings. The van der Waals surface area contributed by atoms with Crippen LogP contribution in [0.1, 0.15) is 86.5 Å². The highest BCUT2D eigenvalue weighted by Crippen LogP contribution is 2.72. The normalized spacial score (nSPS) is 44.5. The molecule has 19 heavy (non-hydrogen) atoms. The average Bonchev–Trinajstić information content (AvgIpc) is 2.55. The Bertz CT molecular complexity index is 307. The molecule has 0 aromatic carbocycles. The number of rotatable bonds is 6. The summed E-state index contributed by atoms with van der Waals surface area (Å²) >= 11 is 0. The second-order valence-electron chi connectivity index (χ2n) is 8.55. The number of fused-ring (bicyclic) bond motifs is 1. The van der Waals surface area contributed by atoms with Crippen LogP contribution in [-0.2, 0) is 0 Å². The van der Waals surface area contributed by atoms with Gasteiger partial charge in [-0.25, -0.2) is 0 Å². The zero-order chi connectivity index (χ0) is 14.3. The smallest absolute Gasteiger partial charge is 0.0235 e. The van der Waals surface area contributed by atoms with Crippen LogP contribution in [0.4, 0.5) is 0 Å². The third kappa shape index (κ3) is 2.49. The van der Waals surface area contributed by atoms with E-state index < -0.39 is 0 Å². The van der Waals surface area contributed by atoms with E-state index in [1.54, 1.807) is 0 Å². The maximum absolute atomic E-state index is 2.58. The predicted molar refractivity (Wildman–Crippen MR) is 85.2 cm³/mol. The first kappa shape index (κ1) is 15.4. The second kappa shape index (κ2) is 5.41. The summed E-state index contributed by atoms with van der Waals surface area (Å²) in [5.74, 6) is 3.86. The van der Waals surface area contributed by atoms with Crippen molar-refractivity contribution in [3.63, 3.8) is 0 Å². The minimum absolute atomic E-state index is 0.696. The van der Waals surface area contributed by atoms with E-state index in [1.165, 1.54) is 44.9 Å². The first-order chi connectivity index (χ1) is 8.88. The van der Waals surface area contributed by atoms with Gasteiger partial charge in [0.2, 0.25) is 0 Å². The molecule has 0 aromatic rings. The maximum Gasteiger partial charge on any atom is -0.0235 e. The third-order valence-electron chi connectivity index (χ3n) is 6.90. The molecule has 0 aliphatic heterocycles. The van der Waals surface area contributed by atoms with Gasteiger partial charge >= 0.3 is 0 Å². The highest BCUT2D eigenvalue weighted by atomic mass is 14.7. The first-order valence-electron chi connectivity index (χ1n) is 8.88. The standard InChI is InChI=1S/C19H36/c1-7-9-14(3)10-16(5)19(8-2)13-18(6)12-15(4)11-17(18)19/h14-17H,7-13H2,1-6H3. The molecular formula is C19H36. The van der Waals surface area contributed by atoms with Gasteiger partial charge in [0.1, 0.15) is 0 Å². The fourth-order valence-electron chi connectivity index (χ4n) is 6.26. The zero-order valence-corrected chi connectivity index (χ0v) is 14.3. The molecule has 2 rings (SSSR count). The zero-order valence-electron chi connectivity index (χ0n) is 14.3. The molecule has 2 fully saturated rings. The quantitative estimate of drug-likeness (QED) is 0.528. The van der Waals surface area contributed by atoms with Gasteiger partial charge in [0.15, 0.2) is 0 Å². The molecule has 0 bridgehead atoms. The molecule has 0 nitrogen and oxygen atoms in total. The molecule has 6 atom stereocenters. The molecule has 0 N–H and O–H groups in total. The summed E-state index contributed by atoms with van der Waals surface area (Å²) in [5, 5.41) is 0. The summed E-state index contributed by atoms with van der Waals surface area (Å²) in [6.45, 7) is 14.9. The van der Waals surface area contributed by atoms with Crippen molar-refractivity contribution < 1.29 is 0 Å². The van der Waals surface area contributed by atoms with Crippen LogP contribution in [0.2, 0.25) is 0 Å². The SMILES string of the molecule is CCCC(C)CC(C)C1(CC)CC2(C)CC(C)CC21. The van der Waals surface area contributed by atoms with Crippen LogP contribution in [0.3, 0.4) is 0 Å². The van der Waals surface area contributed by atoms with Crippen LogP contribution in [0.25, 0.3) is 0 Å². The minimum atomic E-state index is 0.696. The van der Waals surface area contributed by atoms with E-state index in [-0.39, 0.29) is 0 Å². The summed E-state index contributed by atoms with van der Waals surface area (Å²) in [6, 6.07) is 0. The Hall–Kier alpha value is 0. The molecule has 6 unspecified atom stereocenters. The Kier molecular flexibility index (Phi) is 4.38. The maximum atomic E-state index is 2.58. The van der Waals surface area contributed by atoms with Gasteiger partial charge < -0.3 is 0 Å². The first-order valence-corrected chi connectivity index (χ1v) is 8.88. The van der Waals surface area contributed by atoms with Crippen LogP contribution in [0.15, 0.2) is 0 Å². The summed E-state index contributed by atoms with van der Waals surface area (Å²) in [7, 11) is 0. The third-order valence-corrected chi connectivity index (χ3v) is 6.90. The van der Waals surface area contributed by atoms with Gasteiger partial charge in [-0.2, -0.15) is 0 Å². The Morgan fingerprint density at radius 3 is 2.42 bits per heavy atom. The van der Waals surface area contributed by atoms with Gasteiger partial charge in [0.25, 0.3) is 0 Å². The van der Waals surface area contributed by atoms with Gasteiger partial charge in [-0.3, -0.25) is 0 Å². The van der Waals surface area contributed by atoms with Crippen molar-refractivity contribution in [3.8, 4) is 0 Å². The van der Waals surface area contributed by atoms with Gasteiger partial charge in [-0.05, 0) is 66.6 Å². The van der Waals surface area contributed by atoms with E-state index in [2.05, 4.69) is 41.5 Å². The molecule has 0 aromatic heterocycles. The molecule has 0 radical (unpaired) electrons. The molecule has 0 heterocycles. The molecule has 2 aliphatic carbocycles. The molecule has 0 saturated heterocycles. The van der Waals surface area contributed by atoms with Crippen LogP contribution >= 0.6 is 0 Å². The van der Waals surface area contributed by atoms with E-state index in [0.29, 0.717) is 10.8 Å². The Balaban J connectivity index is 2.04. The van der Waals surface area contributed by atoms with E-state index in [0.717, 1.165) is 23.7 Å². The fourth-order valence-corrected chi connectivity index (χ4v) is 6.26. The van der Waals surface area contributed by atoms with E-state index in [9.17, 15) is 0 Å². The van der Waals surface area contributed by atoms with Gasteiger partial charge in [0.05, 0.1) is 0 Å². The van der Waals surface area contributed by atoms with Crippen molar-refractivity contribution in [2.24, 2.45) is 34.5 Å². The topological polar surface area (TPSA) is 0 Å². The molecule has 112 valence electrons. The Morgan fingerprint density at radius 2 is 1.89 bits per heavy atom. The van der Waals surface area contributed by atoms with E-state index in [4.69, 9.17) is 0 Å². The average molecular weight is 264 g/mol. The summed E-state index contributed by atoms with van der Waals surface area (Å²) < 4.78 is 0. The lowest BCUT2D eigenvalue weighted by Crippen LogP contribution is -2.55. The van der Waals surface area contributed by atoms with Gasteiger partial charge in [0, 0.05) is 0 Å². The largest absolute Gasteiger partial charge is 0.0654 e. The van der Waals surface area contributed by atoms with Crippen molar-refractivity contribution in [2.75, 3.05) is 0 Å². The molecular weight excluding hydrogens is 228 g/mol. The highest BCUT2D eigenvalue weighted by Gasteiger charge is 2.64. The molecule has 0 amide bonds. The summed E-state index contributed by atoms with van der Waals surface area (Å²) in [5.41, 5.74) is 1.40. The lowest BCUT2D eigenvalue weighted by Gasteiger charge is -2.63. The molecule has 0 spiro atoms. The van der Waals surface area contributed by atoms with Crippen LogP contribution < -0.4 is 0 Å². The summed E-state index contributed by atoms with van der Waals surface area (Å²) in [4.78, 5) is 0. The monoisotopic (exact) mass is 264 g/mol. The van der Waals surface area contributed by atoms with Crippen molar-refractivity contribution in [3.05, 3.63) is 0 Å². The van der Waals surface area contributed by atoms with Gasteiger partial charge in [-0.15, -0.1) is 0 Å². The lowest BCUT2D eigenvalue weighted by atomic mass is 9.42. The Labute approximate surface area is 121 Å². The van der Waals surface area contributed by atoms with Crippen molar-refractivity contribution in [2.45, 2.75) is 86.5 Å². The second-order valence-corrected chi connectivity index (χ2v) is 8.55. The van der Waals surface area contributed by atoms with Crippen LogP contribution in [-0.4, -0.2) is 0 Å². The highest BCUT2D eigenvalue weighted by molar-refractivity contribution is 5.13. The fraction of sp³-hybridized carbons (Fsp3) is 1.00. The van der Waals surface area contributed by atoms with E-state index >= 15 is 0 Å². The van der Waals surface area contributed by atoms with Crippen LogP contribution in [0, 0.1) is 34.5 Å². The predicted octanol–water partition coefficient (Wildman–Crippen LogP) is 6.30. The van der Waals surface area contributed by atoms with E-state index in [1.807, 2.05) is 0 Å². The minimum Gasteiger partial charge on any atom is -0.0654 e. The van der Waals surface area contributed by atoms with Gasteiger partial charge in [-0.1, -0.05) is 54.4 Å². The van der Waals surface area contributed by atoms with Crippen molar-refractivity contribution in [1.82, 2.24) is 0 Å². The lowest BCUT2D eigenvalue weighted by molar-refractivity contribution is -0.137. The van der Waals surface area contributed by atoms with Crippen molar-refractivity contribution in [1.29, 1.82) is 0 Å².